The Morgan fingerprint density at radius 3 is 2.73 bits per heavy atom. The zero-order valence-corrected chi connectivity index (χ0v) is 15.7. The third kappa shape index (κ3) is 4.23. The van der Waals surface area contributed by atoms with Crippen LogP contribution < -0.4 is 11.1 Å². The first-order valence-electron chi connectivity index (χ1n) is 9.00. The number of aliphatic hydroxyl groups is 1. The van der Waals surface area contributed by atoms with Gasteiger partial charge in [0.1, 0.15) is 5.84 Å². The molecule has 1 amide bonds. The van der Waals surface area contributed by atoms with Crippen LogP contribution in [-0.4, -0.2) is 34.7 Å². The minimum absolute atomic E-state index is 0.0541. The van der Waals surface area contributed by atoms with E-state index < -0.39 is 17.4 Å². The number of aliphatic hydroxyl groups excluding tert-OH is 1. The van der Waals surface area contributed by atoms with Crippen LogP contribution in [-0.2, 0) is 4.79 Å². The van der Waals surface area contributed by atoms with Crippen molar-refractivity contribution >= 4 is 17.5 Å². The number of carbonyl (C=O) groups is 1. The molecule has 1 unspecified atom stereocenters. The highest BCUT2D eigenvalue weighted by molar-refractivity contribution is 6.12. The average molecular weight is 356 g/mol. The molecule has 0 bridgehead atoms. The zero-order valence-electron chi connectivity index (χ0n) is 15.7. The maximum atomic E-state index is 12.8. The van der Waals surface area contributed by atoms with Crippen molar-refractivity contribution in [2.75, 3.05) is 0 Å². The van der Waals surface area contributed by atoms with Crippen molar-refractivity contribution in [1.29, 1.82) is 0 Å². The zero-order chi connectivity index (χ0) is 19.3. The Hall–Kier alpha value is -2.39. The topological polar surface area (TPSA) is 100 Å². The van der Waals surface area contributed by atoms with Gasteiger partial charge in [-0.2, -0.15) is 0 Å². The van der Waals surface area contributed by atoms with E-state index in [2.05, 4.69) is 21.2 Å². The van der Waals surface area contributed by atoms with Gasteiger partial charge in [-0.05, 0) is 58.4 Å². The summed E-state index contributed by atoms with van der Waals surface area (Å²) in [5.74, 6) is 2.13. The van der Waals surface area contributed by atoms with Gasteiger partial charge in [0.05, 0.1) is 23.6 Å². The smallest absolute Gasteiger partial charge is 0.246 e. The monoisotopic (exact) mass is 356 g/mol. The fraction of sp³-hybridized carbons (Fsp3) is 0.550. The second kappa shape index (κ2) is 8.33. The number of carbonyl (C=O) groups excluding carboxylic acids is 1. The van der Waals surface area contributed by atoms with Gasteiger partial charge in [0.25, 0.3) is 0 Å². The molecule has 0 radical (unpaired) electrons. The quantitative estimate of drug-likeness (QED) is 0.399. The Morgan fingerprint density at radius 1 is 1.50 bits per heavy atom. The molecule has 1 aliphatic heterocycles. The maximum Gasteiger partial charge on any atom is 0.246 e. The number of amides is 1. The highest BCUT2D eigenvalue weighted by Crippen LogP contribution is 2.24. The molecular weight excluding hydrogens is 328 g/mol. The Kier molecular flexibility index (Phi) is 6.38. The van der Waals surface area contributed by atoms with Crippen LogP contribution in [0.25, 0.3) is 0 Å². The number of allylic oxidation sites excluding steroid dienone is 3. The van der Waals surface area contributed by atoms with Crippen LogP contribution in [0.4, 0.5) is 0 Å². The highest BCUT2D eigenvalue weighted by atomic mass is 16.3. The van der Waals surface area contributed by atoms with E-state index in [0.717, 1.165) is 37.0 Å². The molecule has 1 fully saturated rings. The molecule has 2 rings (SSSR count). The third-order valence-corrected chi connectivity index (χ3v) is 4.91. The summed E-state index contributed by atoms with van der Waals surface area (Å²) in [7, 11) is 0. The number of rotatable bonds is 5. The maximum absolute atomic E-state index is 12.8. The van der Waals surface area contributed by atoms with E-state index in [9.17, 15) is 9.90 Å². The summed E-state index contributed by atoms with van der Waals surface area (Å²) >= 11 is 0. The number of terminal acetylenes is 1. The van der Waals surface area contributed by atoms with Gasteiger partial charge in [-0.25, -0.2) is 4.99 Å². The number of amidine groups is 1. The van der Waals surface area contributed by atoms with Gasteiger partial charge in [0, 0.05) is 6.20 Å². The molecule has 1 saturated carbocycles. The number of hydrogen-bond donors (Lipinski definition) is 3. The fourth-order valence-electron chi connectivity index (χ4n) is 3.06. The second-order valence-corrected chi connectivity index (χ2v) is 7.19. The second-order valence-electron chi connectivity index (χ2n) is 7.19. The first-order valence-corrected chi connectivity index (χ1v) is 9.00. The average Bonchev–Trinajstić information content (AvgIpc) is 3.03. The van der Waals surface area contributed by atoms with Gasteiger partial charge >= 0.3 is 0 Å². The van der Waals surface area contributed by atoms with Crippen LogP contribution in [0, 0.1) is 17.8 Å². The third-order valence-electron chi connectivity index (χ3n) is 4.91. The molecule has 26 heavy (non-hydrogen) atoms. The Labute approximate surface area is 155 Å². The Bertz CT molecular complexity index is 723. The van der Waals surface area contributed by atoms with Gasteiger partial charge in [-0.1, -0.05) is 12.0 Å². The van der Waals surface area contributed by atoms with Crippen molar-refractivity contribution in [3.05, 3.63) is 23.5 Å². The molecule has 0 aromatic rings. The van der Waals surface area contributed by atoms with E-state index in [0.29, 0.717) is 12.1 Å². The normalized spacial score (nSPS) is 25.0. The first-order chi connectivity index (χ1) is 12.3. The lowest BCUT2D eigenvalue weighted by Gasteiger charge is -2.26. The molecule has 4 N–H and O–H groups in total. The molecule has 1 aliphatic carbocycles. The largest absolute Gasteiger partial charge is 0.391 e. The predicted molar refractivity (Wildman–Crippen MR) is 105 cm³/mol. The van der Waals surface area contributed by atoms with E-state index >= 15 is 0 Å². The van der Waals surface area contributed by atoms with E-state index in [1.165, 1.54) is 0 Å². The van der Waals surface area contributed by atoms with E-state index in [1.54, 1.807) is 13.1 Å². The van der Waals surface area contributed by atoms with Crippen LogP contribution in [0.2, 0.25) is 0 Å². The minimum Gasteiger partial charge on any atom is -0.391 e. The Balaban J connectivity index is 2.28. The molecule has 0 aromatic carbocycles. The molecule has 140 valence electrons. The van der Waals surface area contributed by atoms with Crippen molar-refractivity contribution in [3.63, 3.8) is 0 Å². The molecule has 0 aromatic heterocycles. The van der Waals surface area contributed by atoms with Crippen molar-refractivity contribution in [1.82, 2.24) is 5.32 Å². The van der Waals surface area contributed by atoms with Gasteiger partial charge < -0.3 is 16.2 Å². The standard InChI is InChI=1S/C20H28N4O2/c1-5-20(4,19(26)23-14-10-8-11-16(14)25)18(21)24-17(13(2)3)15-9-6-7-12-22-15/h1,7,12,14,16,25H,6,8-11H2,2-4H3,(H2,21,24)(H,23,26)/t14-,16+,20?/m1/s1. The molecule has 1 heterocycles. The summed E-state index contributed by atoms with van der Waals surface area (Å²) in [6.45, 7) is 5.43. The lowest BCUT2D eigenvalue weighted by atomic mass is 9.88. The summed E-state index contributed by atoms with van der Waals surface area (Å²) in [6.07, 6.45) is 12.8. The molecular formula is C20H28N4O2. The number of nitrogens with zero attached hydrogens (tertiary/aromatic N) is 2. The van der Waals surface area contributed by atoms with Crippen LogP contribution >= 0.6 is 0 Å². The van der Waals surface area contributed by atoms with E-state index in [1.807, 2.05) is 19.9 Å². The number of nitrogens with two attached hydrogens (primary N) is 1. The van der Waals surface area contributed by atoms with Crippen molar-refractivity contribution in [3.8, 4) is 12.3 Å². The summed E-state index contributed by atoms with van der Waals surface area (Å²) in [4.78, 5) is 21.7. The summed E-state index contributed by atoms with van der Waals surface area (Å²) in [5.41, 5.74) is 7.26. The summed E-state index contributed by atoms with van der Waals surface area (Å²) < 4.78 is 0. The van der Waals surface area contributed by atoms with Crippen molar-refractivity contribution in [2.24, 2.45) is 21.1 Å². The minimum atomic E-state index is -1.39. The number of aliphatic imine (C=N–C) groups is 2. The van der Waals surface area contributed by atoms with Gasteiger partial charge in [-0.3, -0.25) is 9.79 Å². The Morgan fingerprint density at radius 2 is 2.23 bits per heavy atom. The molecule has 3 atom stereocenters. The van der Waals surface area contributed by atoms with Gasteiger partial charge in [-0.15, -0.1) is 6.42 Å². The van der Waals surface area contributed by atoms with E-state index in [-0.39, 0.29) is 11.9 Å². The molecule has 6 nitrogen and oxygen atoms in total. The van der Waals surface area contributed by atoms with Crippen molar-refractivity contribution in [2.45, 2.75) is 65.0 Å². The van der Waals surface area contributed by atoms with Crippen LogP contribution in [0.15, 0.2) is 33.5 Å². The number of nitrogens with one attached hydrogen (secondary N) is 1. The SMILES string of the molecule is C#CC(C)(C(=O)N[C@@H]1CCC[C@@H]1O)/C(N)=N\C(C1=NC=CCC1)=C(C)C. The highest BCUT2D eigenvalue weighted by Gasteiger charge is 2.39. The predicted octanol–water partition coefficient (Wildman–Crippen LogP) is 2.06. The summed E-state index contributed by atoms with van der Waals surface area (Å²) in [5, 5.41) is 12.8. The first kappa shape index (κ1) is 19.9. The van der Waals surface area contributed by atoms with Crippen LogP contribution in [0.1, 0.15) is 52.9 Å². The molecule has 6 heteroatoms. The molecule has 0 saturated heterocycles. The van der Waals surface area contributed by atoms with Gasteiger partial charge in [0.15, 0.2) is 5.41 Å². The van der Waals surface area contributed by atoms with Crippen LogP contribution in [0.5, 0.6) is 0 Å². The molecule has 0 spiro atoms. The summed E-state index contributed by atoms with van der Waals surface area (Å²) in [6, 6.07) is -0.293. The fourth-order valence-corrected chi connectivity index (χ4v) is 3.06. The van der Waals surface area contributed by atoms with Crippen LogP contribution in [0.3, 0.4) is 0 Å². The van der Waals surface area contributed by atoms with Gasteiger partial charge in [0.2, 0.25) is 5.91 Å². The van der Waals surface area contributed by atoms with Crippen molar-refractivity contribution < 1.29 is 9.90 Å². The number of hydrogen-bond acceptors (Lipinski definition) is 4. The molecule has 2 aliphatic rings. The lowest BCUT2D eigenvalue weighted by molar-refractivity contribution is -0.126. The van der Waals surface area contributed by atoms with E-state index in [4.69, 9.17) is 12.2 Å². The lowest BCUT2D eigenvalue weighted by Crippen LogP contribution is -2.51.